The minimum Gasteiger partial charge on any atom is -0.454 e. The van der Waals surface area contributed by atoms with Crippen molar-refractivity contribution in [1.29, 1.82) is 0 Å². The zero-order chi connectivity index (χ0) is 14.5. The van der Waals surface area contributed by atoms with Crippen molar-refractivity contribution in [3.63, 3.8) is 0 Å². The van der Waals surface area contributed by atoms with Crippen LogP contribution < -0.4 is 0 Å². The van der Waals surface area contributed by atoms with Crippen molar-refractivity contribution >= 4 is 11.8 Å². The Hall–Kier alpha value is -2.42. The van der Waals surface area contributed by atoms with Crippen molar-refractivity contribution in [2.24, 2.45) is 0 Å². The molecule has 2 aromatic rings. The van der Waals surface area contributed by atoms with Crippen LogP contribution in [0, 0.1) is 13.8 Å². The van der Waals surface area contributed by atoms with Gasteiger partial charge in [0.2, 0.25) is 5.78 Å². The zero-order valence-corrected chi connectivity index (χ0v) is 11.6. The van der Waals surface area contributed by atoms with E-state index in [1.807, 2.05) is 38.1 Å². The molecule has 0 saturated heterocycles. The van der Waals surface area contributed by atoms with Crippen LogP contribution in [0.1, 0.15) is 31.8 Å². The lowest BCUT2D eigenvalue weighted by atomic mass is 10.0. The summed E-state index contributed by atoms with van der Waals surface area (Å²) in [6.07, 6.45) is 0. The number of hydrogen-bond acceptors (Lipinski definition) is 3. The normalized spacial score (nSPS) is 10.1. The van der Waals surface area contributed by atoms with Crippen molar-refractivity contribution in [2.75, 3.05) is 6.61 Å². The molecule has 0 heterocycles. The summed E-state index contributed by atoms with van der Waals surface area (Å²) in [7, 11) is 0. The second-order valence-corrected chi connectivity index (χ2v) is 4.68. The number of rotatable bonds is 4. The Kier molecular flexibility index (Phi) is 4.31. The third-order valence-electron chi connectivity index (χ3n) is 3.04. The van der Waals surface area contributed by atoms with Crippen LogP contribution in [0.15, 0.2) is 48.5 Å². The molecule has 0 radical (unpaired) electrons. The fraction of sp³-hybridized carbons (Fsp3) is 0.176. The van der Waals surface area contributed by atoms with Gasteiger partial charge in [0.15, 0.2) is 6.61 Å². The van der Waals surface area contributed by atoms with Gasteiger partial charge in [0.1, 0.15) is 0 Å². The Labute approximate surface area is 118 Å². The van der Waals surface area contributed by atoms with Crippen molar-refractivity contribution < 1.29 is 14.3 Å². The Morgan fingerprint density at radius 3 is 2.40 bits per heavy atom. The van der Waals surface area contributed by atoms with Crippen molar-refractivity contribution in [3.05, 3.63) is 70.8 Å². The molecule has 0 aliphatic carbocycles. The summed E-state index contributed by atoms with van der Waals surface area (Å²) in [5.74, 6) is -0.667. The van der Waals surface area contributed by atoms with E-state index in [0.717, 1.165) is 11.1 Å². The highest BCUT2D eigenvalue weighted by molar-refractivity contribution is 6.00. The largest absolute Gasteiger partial charge is 0.454 e. The maximum Gasteiger partial charge on any atom is 0.338 e. The first-order chi connectivity index (χ1) is 9.58. The molecule has 0 aliphatic rings. The standard InChI is InChI=1S/C17H16O3/c1-12-8-9-13(2)15(10-12)16(18)11-20-17(19)14-6-4-3-5-7-14/h3-10H,11H2,1-2H3. The van der Waals surface area contributed by atoms with E-state index >= 15 is 0 Å². The summed E-state index contributed by atoms with van der Waals surface area (Å²) in [4.78, 5) is 23.8. The first-order valence-corrected chi connectivity index (χ1v) is 6.40. The van der Waals surface area contributed by atoms with Gasteiger partial charge in [-0.1, -0.05) is 35.9 Å². The van der Waals surface area contributed by atoms with E-state index in [2.05, 4.69) is 0 Å². The molecular formula is C17H16O3. The lowest BCUT2D eigenvalue weighted by molar-refractivity contribution is 0.0474. The summed E-state index contributed by atoms with van der Waals surface area (Å²) < 4.78 is 5.05. The topological polar surface area (TPSA) is 43.4 Å². The molecule has 0 N–H and O–H groups in total. The highest BCUT2D eigenvalue weighted by Crippen LogP contribution is 2.12. The van der Waals surface area contributed by atoms with Gasteiger partial charge in [-0.25, -0.2) is 4.79 Å². The Morgan fingerprint density at radius 2 is 1.70 bits per heavy atom. The zero-order valence-electron chi connectivity index (χ0n) is 11.6. The molecule has 0 saturated carbocycles. The third-order valence-corrected chi connectivity index (χ3v) is 3.04. The molecule has 0 unspecified atom stereocenters. The minimum atomic E-state index is -0.482. The molecule has 20 heavy (non-hydrogen) atoms. The average molecular weight is 268 g/mol. The summed E-state index contributed by atoms with van der Waals surface area (Å²) in [5, 5.41) is 0. The van der Waals surface area contributed by atoms with Crippen LogP contribution in [0.2, 0.25) is 0 Å². The molecule has 2 aromatic carbocycles. The number of Topliss-reactive ketones (excluding diaryl/α,β-unsaturated/α-hetero) is 1. The highest BCUT2D eigenvalue weighted by atomic mass is 16.5. The van der Waals surface area contributed by atoms with Crippen molar-refractivity contribution in [1.82, 2.24) is 0 Å². The highest BCUT2D eigenvalue weighted by Gasteiger charge is 2.13. The van der Waals surface area contributed by atoms with Gasteiger partial charge >= 0.3 is 5.97 Å². The van der Waals surface area contributed by atoms with Crippen LogP contribution in [-0.2, 0) is 4.74 Å². The molecule has 0 spiro atoms. The number of ether oxygens (including phenoxy) is 1. The molecule has 0 fully saturated rings. The van der Waals surface area contributed by atoms with Gasteiger partial charge in [-0.3, -0.25) is 4.79 Å². The number of benzene rings is 2. The molecule has 102 valence electrons. The van der Waals surface area contributed by atoms with Crippen molar-refractivity contribution in [3.8, 4) is 0 Å². The quantitative estimate of drug-likeness (QED) is 0.631. The van der Waals surface area contributed by atoms with Crippen LogP contribution in [-0.4, -0.2) is 18.4 Å². The molecule has 0 aliphatic heterocycles. The average Bonchev–Trinajstić information content (AvgIpc) is 2.47. The van der Waals surface area contributed by atoms with Crippen LogP contribution in [0.5, 0.6) is 0 Å². The second kappa shape index (κ2) is 6.15. The van der Waals surface area contributed by atoms with E-state index in [4.69, 9.17) is 4.74 Å². The van der Waals surface area contributed by atoms with Crippen LogP contribution in [0.3, 0.4) is 0 Å². The summed E-state index contributed by atoms with van der Waals surface area (Å²) in [5.41, 5.74) is 2.94. The van der Waals surface area contributed by atoms with E-state index in [1.165, 1.54) is 0 Å². The maximum absolute atomic E-state index is 12.1. The Bertz CT molecular complexity index is 630. The molecule has 0 amide bonds. The lowest BCUT2D eigenvalue weighted by Crippen LogP contribution is -2.15. The van der Waals surface area contributed by atoms with Gasteiger partial charge in [-0.05, 0) is 37.6 Å². The number of esters is 1. The van der Waals surface area contributed by atoms with E-state index in [1.54, 1.807) is 24.3 Å². The fourth-order valence-electron chi connectivity index (χ4n) is 1.90. The molecule has 0 atom stereocenters. The van der Waals surface area contributed by atoms with Crippen LogP contribution in [0.4, 0.5) is 0 Å². The first-order valence-electron chi connectivity index (χ1n) is 6.40. The minimum absolute atomic E-state index is 0.185. The second-order valence-electron chi connectivity index (χ2n) is 4.68. The van der Waals surface area contributed by atoms with Gasteiger partial charge in [0.05, 0.1) is 5.56 Å². The first kappa shape index (κ1) is 14.0. The number of carbonyl (C=O) groups excluding carboxylic acids is 2. The number of aryl methyl sites for hydroxylation is 2. The number of carbonyl (C=O) groups is 2. The fourth-order valence-corrected chi connectivity index (χ4v) is 1.90. The summed E-state index contributed by atoms with van der Waals surface area (Å²) >= 11 is 0. The van der Waals surface area contributed by atoms with E-state index in [0.29, 0.717) is 11.1 Å². The smallest absolute Gasteiger partial charge is 0.338 e. The molecule has 3 nitrogen and oxygen atoms in total. The molecular weight excluding hydrogens is 252 g/mol. The predicted octanol–water partition coefficient (Wildman–Crippen LogP) is 3.34. The van der Waals surface area contributed by atoms with E-state index < -0.39 is 5.97 Å². The summed E-state index contributed by atoms with van der Waals surface area (Å²) in [6.45, 7) is 3.55. The van der Waals surface area contributed by atoms with Gasteiger partial charge in [-0.15, -0.1) is 0 Å². The van der Waals surface area contributed by atoms with Crippen LogP contribution >= 0.6 is 0 Å². The summed E-state index contributed by atoms with van der Waals surface area (Å²) in [6, 6.07) is 14.3. The third kappa shape index (κ3) is 3.32. The number of hydrogen-bond donors (Lipinski definition) is 0. The SMILES string of the molecule is Cc1ccc(C)c(C(=O)COC(=O)c2ccccc2)c1. The van der Waals surface area contributed by atoms with E-state index in [9.17, 15) is 9.59 Å². The van der Waals surface area contributed by atoms with Gasteiger partial charge in [0, 0.05) is 5.56 Å². The predicted molar refractivity (Wildman–Crippen MR) is 77.0 cm³/mol. The van der Waals surface area contributed by atoms with Gasteiger partial charge in [0.25, 0.3) is 0 Å². The maximum atomic E-state index is 12.1. The lowest BCUT2D eigenvalue weighted by Gasteiger charge is -2.07. The Morgan fingerprint density at radius 1 is 1.00 bits per heavy atom. The molecule has 2 rings (SSSR count). The molecule has 3 heteroatoms. The Balaban J connectivity index is 2.02. The van der Waals surface area contributed by atoms with E-state index in [-0.39, 0.29) is 12.4 Å². The molecule has 0 aromatic heterocycles. The van der Waals surface area contributed by atoms with Gasteiger partial charge < -0.3 is 4.74 Å². The van der Waals surface area contributed by atoms with Gasteiger partial charge in [-0.2, -0.15) is 0 Å². The monoisotopic (exact) mass is 268 g/mol. The number of ketones is 1. The molecule has 0 bridgehead atoms. The van der Waals surface area contributed by atoms with Crippen LogP contribution in [0.25, 0.3) is 0 Å². The van der Waals surface area contributed by atoms with Crippen molar-refractivity contribution in [2.45, 2.75) is 13.8 Å².